The second kappa shape index (κ2) is 6.20. The smallest absolute Gasteiger partial charge is 0.341 e. The third-order valence-corrected chi connectivity index (χ3v) is 5.84. The fourth-order valence-corrected chi connectivity index (χ4v) is 4.76. The van der Waals surface area contributed by atoms with Crippen molar-refractivity contribution in [2.24, 2.45) is 11.1 Å². The van der Waals surface area contributed by atoms with Crippen LogP contribution in [-0.2, 0) is 29.3 Å². The van der Waals surface area contributed by atoms with Gasteiger partial charge in [-0.2, -0.15) is 0 Å². The molecule has 1 aromatic carbocycles. The Morgan fingerprint density at radius 3 is 2.62 bits per heavy atom. The fraction of sp³-hybridized carbons (Fsp3) is 0.409. The topological polar surface area (TPSA) is 98.9 Å². The Bertz CT molecular complexity index is 1020. The Balaban J connectivity index is 2.09. The monoisotopic (exact) mass is 396 g/mol. The van der Waals surface area contributed by atoms with Gasteiger partial charge in [-0.15, -0.1) is 0 Å². The average Bonchev–Trinajstić information content (AvgIpc) is 2.83. The highest BCUT2D eigenvalue weighted by Gasteiger charge is 2.64. The van der Waals surface area contributed by atoms with Crippen LogP contribution in [0.2, 0.25) is 0 Å². The molecule has 7 heteroatoms. The molecule has 0 saturated carbocycles. The lowest BCUT2D eigenvalue weighted by Crippen LogP contribution is -2.51. The van der Waals surface area contributed by atoms with Gasteiger partial charge in [0.05, 0.1) is 12.2 Å². The largest absolute Gasteiger partial charge is 0.462 e. The Morgan fingerprint density at radius 1 is 1.24 bits per heavy atom. The van der Waals surface area contributed by atoms with E-state index in [1.165, 1.54) is 4.90 Å². The normalized spacial score (nSPS) is 25.2. The number of benzene rings is 1. The number of hydrogen-bond acceptors (Lipinski definition) is 6. The molecule has 29 heavy (non-hydrogen) atoms. The number of fused-ring (bicyclic) bond motifs is 3. The summed E-state index contributed by atoms with van der Waals surface area (Å²) in [6, 6.07) is 7.12. The first-order valence-corrected chi connectivity index (χ1v) is 9.65. The average molecular weight is 396 g/mol. The van der Waals surface area contributed by atoms with Crippen LogP contribution < -0.4 is 10.6 Å². The van der Waals surface area contributed by atoms with Crippen molar-refractivity contribution < 1.29 is 23.9 Å². The number of para-hydroxylation sites is 1. The molecular weight excluding hydrogens is 372 g/mol. The van der Waals surface area contributed by atoms with Crippen LogP contribution in [-0.4, -0.2) is 31.3 Å². The van der Waals surface area contributed by atoms with Gasteiger partial charge in [-0.3, -0.25) is 9.59 Å². The number of ketones is 1. The molecule has 4 rings (SSSR count). The summed E-state index contributed by atoms with van der Waals surface area (Å²) < 4.78 is 11.0. The van der Waals surface area contributed by atoms with Crippen molar-refractivity contribution in [1.82, 2.24) is 0 Å². The number of carbonyl (C=O) groups excluding carboxylic acids is 3. The van der Waals surface area contributed by atoms with Crippen LogP contribution in [0.15, 0.2) is 47.1 Å². The van der Waals surface area contributed by atoms with Crippen molar-refractivity contribution in [1.29, 1.82) is 0 Å². The summed E-state index contributed by atoms with van der Waals surface area (Å²) in [6.45, 7) is 5.69. The molecule has 7 nitrogen and oxygen atoms in total. The van der Waals surface area contributed by atoms with E-state index in [9.17, 15) is 14.4 Å². The summed E-state index contributed by atoms with van der Waals surface area (Å²) in [5.74, 6) is -1.22. The first kappa shape index (κ1) is 19.2. The molecule has 0 radical (unpaired) electrons. The predicted octanol–water partition coefficient (Wildman–Crippen LogP) is 2.31. The lowest BCUT2D eigenvalue weighted by atomic mass is 9.62. The van der Waals surface area contributed by atoms with Gasteiger partial charge < -0.3 is 20.1 Å². The van der Waals surface area contributed by atoms with E-state index in [4.69, 9.17) is 15.2 Å². The maximum atomic E-state index is 13.8. The van der Waals surface area contributed by atoms with E-state index in [0.29, 0.717) is 23.4 Å². The Kier molecular flexibility index (Phi) is 4.12. The minimum absolute atomic E-state index is 0.101. The third kappa shape index (κ3) is 2.46. The number of allylic oxidation sites excluding steroid dienone is 1. The summed E-state index contributed by atoms with van der Waals surface area (Å²) in [5, 5.41) is 0. The van der Waals surface area contributed by atoms with Gasteiger partial charge in [-0.25, -0.2) is 4.79 Å². The van der Waals surface area contributed by atoms with Gasteiger partial charge >= 0.3 is 5.97 Å². The van der Waals surface area contributed by atoms with Crippen molar-refractivity contribution in [2.75, 3.05) is 18.6 Å². The van der Waals surface area contributed by atoms with Crippen molar-refractivity contribution in [3.8, 4) is 0 Å². The highest BCUT2D eigenvalue weighted by Crippen LogP contribution is 2.57. The molecular formula is C22H24N2O5. The quantitative estimate of drug-likeness (QED) is 0.770. The van der Waals surface area contributed by atoms with E-state index in [1.807, 2.05) is 13.8 Å². The van der Waals surface area contributed by atoms with E-state index in [2.05, 4.69) is 0 Å². The Labute approximate surface area is 169 Å². The highest BCUT2D eigenvalue weighted by molar-refractivity contribution is 6.23. The number of nitrogens with zero attached hydrogens (tertiary/aromatic N) is 1. The molecule has 1 atom stereocenters. The Hall–Kier alpha value is -3.09. The molecule has 2 N–H and O–H groups in total. The van der Waals surface area contributed by atoms with Crippen LogP contribution in [0.5, 0.6) is 0 Å². The number of esters is 1. The highest BCUT2D eigenvalue weighted by atomic mass is 16.5. The molecule has 1 aromatic rings. The van der Waals surface area contributed by atoms with Crippen LogP contribution in [0.1, 0.15) is 39.2 Å². The van der Waals surface area contributed by atoms with Crippen LogP contribution >= 0.6 is 0 Å². The molecule has 0 saturated heterocycles. The molecule has 0 unspecified atom stereocenters. The van der Waals surface area contributed by atoms with Crippen LogP contribution in [0, 0.1) is 5.41 Å². The third-order valence-electron chi connectivity index (χ3n) is 5.84. The van der Waals surface area contributed by atoms with Crippen molar-refractivity contribution in [3.63, 3.8) is 0 Å². The number of amides is 1. The number of ether oxygens (including phenoxy) is 2. The van der Waals surface area contributed by atoms with E-state index >= 15 is 0 Å². The zero-order valence-corrected chi connectivity index (χ0v) is 17.0. The first-order valence-electron chi connectivity index (χ1n) is 9.65. The summed E-state index contributed by atoms with van der Waals surface area (Å²) in [5.41, 5.74) is 5.47. The summed E-state index contributed by atoms with van der Waals surface area (Å²) in [6.07, 6.45) is 0.678. The molecule has 0 aromatic heterocycles. The predicted molar refractivity (Wildman–Crippen MR) is 106 cm³/mol. The number of likely N-dealkylation sites (N-methyl/N-ethyl adjacent to an activating group) is 1. The van der Waals surface area contributed by atoms with E-state index in [0.717, 1.165) is 0 Å². The van der Waals surface area contributed by atoms with Crippen molar-refractivity contribution >= 4 is 23.3 Å². The van der Waals surface area contributed by atoms with Crippen molar-refractivity contribution in [3.05, 3.63) is 52.6 Å². The van der Waals surface area contributed by atoms with Crippen LogP contribution in [0.4, 0.5) is 5.69 Å². The maximum absolute atomic E-state index is 13.8. The van der Waals surface area contributed by atoms with Gasteiger partial charge in [0.1, 0.15) is 16.7 Å². The number of nitrogens with two attached hydrogens (primary N) is 1. The molecule has 1 amide bonds. The van der Waals surface area contributed by atoms with Gasteiger partial charge in [0, 0.05) is 31.1 Å². The van der Waals surface area contributed by atoms with Gasteiger partial charge in [0.2, 0.25) is 11.8 Å². The SMILES string of the molecule is CCOC(=O)C1=C(N)OC2=C(C(=O)CC(C)(C)C2)[C@]12C(=O)N(C)c1ccccc12. The van der Waals surface area contributed by atoms with Crippen LogP contribution in [0.25, 0.3) is 0 Å². The number of hydrogen-bond donors (Lipinski definition) is 1. The zero-order valence-electron chi connectivity index (χ0n) is 17.0. The van der Waals surface area contributed by atoms with Crippen LogP contribution in [0.3, 0.4) is 0 Å². The van der Waals surface area contributed by atoms with Gasteiger partial charge in [0.15, 0.2) is 5.78 Å². The van der Waals surface area contributed by atoms with Gasteiger partial charge in [0.25, 0.3) is 0 Å². The lowest BCUT2D eigenvalue weighted by Gasteiger charge is -2.42. The molecule has 1 spiro atoms. The van der Waals surface area contributed by atoms with Gasteiger partial charge in [-0.05, 0) is 18.4 Å². The van der Waals surface area contributed by atoms with Gasteiger partial charge in [-0.1, -0.05) is 32.0 Å². The summed E-state index contributed by atoms with van der Waals surface area (Å²) >= 11 is 0. The lowest BCUT2D eigenvalue weighted by molar-refractivity contribution is -0.141. The molecule has 3 aliphatic rings. The van der Waals surface area contributed by atoms with Crippen molar-refractivity contribution in [2.45, 2.75) is 39.0 Å². The minimum Gasteiger partial charge on any atom is -0.462 e. The van der Waals surface area contributed by atoms with E-state index < -0.39 is 17.3 Å². The first-order chi connectivity index (χ1) is 13.6. The number of carbonyl (C=O) groups is 3. The summed E-state index contributed by atoms with van der Waals surface area (Å²) in [4.78, 5) is 41.6. The van der Waals surface area contributed by atoms with E-state index in [-0.39, 0.29) is 41.3 Å². The Morgan fingerprint density at radius 2 is 1.93 bits per heavy atom. The molecule has 2 aliphatic heterocycles. The molecule has 0 bridgehead atoms. The number of rotatable bonds is 2. The molecule has 1 aliphatic carbocycles. The minimum atomic E-state index is -1.65. The summed E-state index contributed by atoms with van der Waals surface area (Å²) in [7, 11) is 1.63. The molecule has 0 fully saturated rings. The molecule has 2 heterocycles. The second-order valence-corrected chi connectivity index (χ2v) is 8.43. The fourth-order valence-electron chi connectivity index (χ4n) is 4.76. The molecule has 152 valence electrons. The standard InChI is InChI=1S/C22H24N2O5/c1-5-28-19(26)17-18(23)29-15-11-21(2,3)10-14(25)16(15)22(17)12-8-6-7-9-13(12)24(4)20(22)27/h6-9H,5,10-11,23H2,1-4H3/t22-/m0/s1. The second-order valence-electron chi connectivity index (χ2n) is 8.43. The zero-order chi connectivity index (χ0) is 21.1. The number of anilines is 1. The maximum Gasteiger partial charge on any atom is 0.341 e. The number of Topliss-reactive ketones (excluding diaryl/α,β-unsaturated/α-hetero) is 1. The van der Waals surface area contributed by atoms with E-state index in [1.54, 1.807) is 38.2 Å².